The van der Waals surface area contributed by atoms with Crippen LogP contribution in [-0.2, 0) is 6.54 Å². The van der Waals surface area contributed by atoms with E-state index in [4.69, 9.17) is 4.42 Å². The van der Waals surface area contributed by atoms with E-state index in [1.54, 1.807) is 12.1 Å². The normalized spacial score (nSPS) is 12.2. The molecular formula is C16H21NO3. The van der Waals surface area contributed by atoms with Crippen molar-refractivity contribution in [2.75, 3.05) is 7.05 Å². The summed E-state index contributed by atoms with van der Waals surface area (Å²) in [6.07, 6.45) is 0.978. The minimum absolute atomic E-state index is 0.00521. The predicted octanol–water partition coefficient (Wildman–Crippen LogP) is 3.75. The lowest BCUT2D eigenvalue weighted by Crippen LogP contribution is -2.39. The number of nitrogens with zero attached hydrogens (tertiary/aromatic N) is 1. The molecular weight excluding hydrogens is 254 g/mol. The van der Waals surface area contributed by atoms with E-state index in [1.807, 2.05) is 19.2 Å². The molecule has 0 aliphatic rings. The number of carboxylic acids is 1. The van der Waals surface area contributed by atoms with E-state index in [9.17, 15) is 9.90 Å². The summed E-state index contributed by atoms with van der Waals surface area (Å²) in [7, 11) is 1.99. The maximum absolute atomic E-state index is 11.5. The molecule has 0 amide bonds. The average molecular weight is 275 g/mol. The first-order valence-corrected chi connectivity index (χ1v) is 6.81. The first-order chi connectivity index (χ1) is 9.36. The summed E-state index contributed by atoms with van der Waals surface area (Å²) in [4.78, 5) is 13.6. The van der Waals surface area contributed by atoms with Gasteiger partial charge in [0.1, 0.15) is 16.9 Å². The van der Waals surface area contributed by atoms with Crippen LogP contribution in [0.15, 0.2) is 28.7 Å². The van der Waals surface area contributed by atoms with Gasteiger partial charge in [-0.2, -0.15) is 0 Å². The van der Waals surface area contributed by atoms with Gasteiger partial charge >= 0.3 is 5.97 Å². The van der Waals surface area contributed by atoms with E-state index >= 15 is 0 Å². The van der Waals surface area contributed by atoms with Gasteiger partial charge in [0.05, 0.1) is 6.54 Å². The van der Waals surface area contributed by atoms with Crippen LogP contribution in [0.4, 0.5) is 0 Å². The predicted molar refractivity (Wildman–Crippen MR) is 79.0 cm³/mol. The van der Waals surface area contributed by atoms with Crippen LogP contribution < -0.4 is 0 Å². The third-order valence-electron chi connectivity index (χ3n) is 4.16. The van der Waals surface area contributed by atoms with Gasteiger partial charge < -0.3 is 9.52 Å². The van der Waals surface area contributed by atoms with E-state index in [-0.39, 0.29) is 11.1 Å². The second-order valence-electron chi connectivity index (χ2n) is 5.72. The highest BCUT2D eigenvalue weighted by atomic mass is 16.4. The van der Waals surface area contributed by atoms with Gasteiger partial charge in [0.2, 0.25) is 0 Å². The van der Waals surface area contributed by atoms with Gasteiger partial charge in [-0.05, 0) is 33.4 Å². The fourth-order valence-corrected chi connectivity index (χ4v) is 2.14. The number of hydrogen-bond donors (Lipinski definition) is 1. The summed E-state index contributed by atoms with van der Waals surface area (Å²) in [5.74, 6) is -0.421. The summed E-state index contributed by atoms with van der Waals surface area (Å²) in [5, 5.41) is 10.1. The number of fused-ring (bicyclic) bond motifs is 1. The highest BCUT2D eigenvalue weighted by Crippen LogP contribution is 2.28. The van der Waals surface area contributed by atoms with E-state index in [1.165, 1.54) is 0 Å². The number of benzene rings is 1. The highest BCUT2D eigenvalue weighted by molar-refractivity contribution is 6.03. The molecule has 20 heavy (non-hydrogen) atoms. The van der Waals surface area contributed by atoms with Gasteiger partial charge in [-0.1, -0.05) is 25.1 Å². The Balaban J connectivity index is 2.44. The molecule has 2 aromatic rings. The molecule has 0 fully saturated rings. The molecule has 0 saturated heterocycles. The fraction of sp³-hybridized carbons (Fsp3) is 0.438. The first kappa shape index (κ1) is 14.6. The monoisotopic (exact) mass is 275 g/mol. The third kappa shape index (κ3) is 2.56. The van der Waals surface area contributed by atoms with Crippen LogP contribution in [0.3, 0.4) is 0 Å². The number of hydrogen-bond acceptors (Lipinski definition) is 3. The van der Waals surface area contributed by atoms with E-state index in [2.05, 4.69) is 25.7 Å². The van der Waals surface area contributed by atoms with Crippen LogP contribution in [0.5, 0.6) is 0 Å². The molecule has 0 unspecified atom stereocenters. The van der Waals surface area contributed by atoms with Crippen LogP contribution in [-0.4, -0.2) is 28.6 Å². The van der Waals surface area contributed by atoms with Crippen molar-refractivity contribution >= 4 is 16.9 Å². The highest BCUT2D eigenvalue weighted by Gasteiger charge is 2.26. The summed E-state index contributed by atoms with van der Waals surface area (Å²) < 4.78 is 5.75. The van der Waals surface area contributed by atoms with Crippen molar-refractivity contribution < 1.29 is 14.3 Å². The molecule has 0 radical (unpaired) electrons. The minimum Gasteiger partial charge on any atom is -0.478 e. The lowest BCUT2D eigenvalue weighted by molar-refractivity contribution is 0.0690. The van der Waals surface area contributed by atoms with Crippen LogP contribution in [0.2, 0.25) is 0 Å². The number of carbonyl (C=O) groups is 1. The Morgan fingerprint density at radius 1 is 1.35 bits per heavy atom. The molecule has 108 valence electrons. The smallest absolute Gasteiger partial charge is 0.339 e. The number of para-hydroxylation sites is 1. The third-order valence-corrected chi connectivity index (χ3v) is 4.16. The van der Waals surface area contributed by atoms with E-state index in [0.717, 1.165) is 6.42 Å². The Kier molecular flexibility index (Phi) is 3.86. The van der Waals surface area contributed by atoms with Gasteiger partial charge in [-0.25, -0.2) is 4.79 Å². The molecule has 0 atom stereocenters. The Hall–Kier alpha value is -1.81. The quantitative estimate of drug-likeness (QED) is 0.903. The van der Waals surface area contributed by atoms with Gasteiger partial charge in [-0.15, -0.1) is 0 Å². The van der Waals surface area contributed by atoms with E-state index in [0.29, 0.717) is 23.3 Å². The van der Waals surface area contributed by atoms with Crippen molar-refractivity contribution in [3.05, 3.63) is 35.6 Å². The molecule has 0 spiro atoms. The molecule has 4 heteroatoms. The number of rotatable bonds is 5. The van der Waals surface area contributed by atoms with E-state index < -0.39 is 5.97 Å². The molecule has 0 saturated carbocycles. The zero-order valence-electron chi connectivity index (χ0n) is 12.4. The summed E-state index contributed by atoms with van der Waals surface area (Å²) >= 11 is 0. The standard InChI is InChI=1S/C16H21NO3/c1-5-16(2,3)17(4)10-13-14(15(18)19)11-8-6-7-9-12(11)20-13/h6-9H,5,10H2,1-4H3,(H,18,19). The SMILES string of the molecule is CCC(C)(C)N(C)Cc1oc2ccccc2c1C(=O)O. The maximum Gasteiger partial charge on any atom is 0.339 e. The molecule has 2 rings (SSSR count). The second kappa shape index (κ2) is 5.29. The molecule has 0 aliphatic heterocycles. The lowest BCUT2D eigenvalue weighted by atomic mass is 9.99. The number of carboxylic acid groups (broad SMARTS) is 1. The molecule has 0 aliphatic carbocycles. The van der Waals surface area contributed by atoms with Gasteiger partial charge in [0.25, 0.3) is 0 Å². The minimum atomic E-state index is -0.937. The van der Waals surface area contributed by atoms with Gasteiger partial charge in [0, 0.05) is 10.9 Å². The van der Waals surface area contributed by atoms with Crippen molar-refractivity contribution in [1.82, 2.24) is 4.90 Å². The molecule has 1 N–H and O–H groups in total. The van der Waals surface area contributed by atoms with Crippen molar-refractivity contribution in [2.45, 2.75) is 39.3 Å². The van der Waals surface area contributed by atoms with Crippen LogP contribution in [0.1, 0.15) is 43.3 Å². The Morgan fingerprint density at radius 3 is 2.60 bits per heavy atom. The fourth-order valence-electron chi connectivity index (χ4n) is 2.14. The zero-order valence-corrected chi connectivity index (χ0v) is 12.4. The summed E-state index contributed by atoms with van der Waals surface area (Å²) in [5.41, 5.74) is 0.899. The Morgan fingerprint density at radius 2 is 2.00 bits per heavy atom. The van der Waals surface area contributed by atoms with Gasteiger partial charge in [0.15, 0.2) is 0 Å². The molecule has 1 aromatic heterocycles. The van der Waals surface area contributed by atoms with Crippen molar-refractivity contribution in [2.24, 2.45) is 0 Å². The Labute approximate surface area is 119 Å². The first-order valence-electron chi connectivity index (χ1n) is 6.81. The largest absolute Gasteiger partial charge is 0.478 e. The average Bonchev–Trinajstić information content (AvgIpc) is 2.76. The molecule has 1 heterocycles. The topological polar surface area (TPSA) is 53.7 Å². The van der Waals surface area contributed by atoms with Crippen LogP contribution in [0.25, 0.3) is 11.0 Å². The lowest BCUT2D eigenvalue weighted by Gasteiger charge is -2.34. The van der Waals surface area contributed by atoms with Crippen molar-refractivity contribution in [3.63, 3.8) is 0 Å². The zero-order chi connectivity index (χ0) is 14.9. The van der Waals surface area contributed by atoms with Crippen molar-refractivity contribution in [3.8, 4) is 0 Å². The molecule has 1 aromatic carbocycles. The second-order valence-corrected chi connectivity index (χ2v) is 5.72. The number of furan rings is 1. The van der Waals surface area contributed by atoms with Crippen LogP contribution in [0, 0.1) is 0 Å². The maximum atomic E-state index is 11.5. The summed E-state index contributed by atoms with van der Waals surface area (Å²) in [6.45, 7) is 6.87. The van der Waals surface area contributed by atoms with Gasteiger partial charge in [-0.3, -0.25) is 4.90 Å². The van der Waals surface area contributed by atoms with Crippen molar-refractivity contribution in [1.29, 1.82) is 0 Å². The van der Waals surface area contributed by atoms with Crippen LogP contribution >= 0.6 is 0 Å². The number of aromatic carboxylic acids is 1. The molecule has 4 nitrogen and oxygen atoms in total. The summed E-state index contributed by atoms with van der Waals surface area (Å²) in [6, 6.07) is 7.27. The molecule has 0 bridgehead atoms. The Bertz CT molecular complexity index is 628.